The monoisotopic (exact) mass is 263 g/mol. The Kier molecular flexibility index (Phi) is 3.20. The molecule has 0 bridgehead atoms. The molecular formula is C17H17N3. The van der Waals surface area contributed by atoms with E-state index < -0.39 is 0 Å². The van der Waals surface area contributed by atoms with E-state index >= 15 is 0 Å². The summed E-state index contributed by atoms with van der Waals surface area (Å²) in [7, 11) is 0. The molecule has 0 aliphatic rings. The smallest absolute Gasteiger partial charge is 0.0702 e. The van der Waals surface area contributed by atoms with Crippen LogP contribution >= 0.6 is 0 Å². The molecule has 0 aliphatic carbocycles. The maximum atomic E-state index is 6.38. The normalized spacial score (nSPS) is 12.6. The van der Waals surface area contributed by atoms with Gasteiger partial charge in [0.2, 0.25) is 0 Å². The molecule has 20 heavy (non-hydrogen) atoms. The highest BCUT2D eigenvalue weighted by Crippen LogP contribution is 2.23. The molecule has 1 aromatic carbocycles. The minimum atomic E-state index is -0.174. The number of nitrogens with two attached hydrogens (primary N) is 1. The topological polar surface area (TPSA) is 51.8 Å². The van der Waals surface area contributed by atoms with Gasteiger partial charge in [-0.15, -0.1) is 0 Å². The molecule has 2 aromatic heterocycles. The number of benzene rings is 1. The van der Waals surface area contributed by atoms with Gasteiger partial charge >= 0.3 is 0 Å². The molecule has 2 heterocycles. The van der Waals surface area contributed by atoms with Gasteiger partial charge in [0.1, 0.15) is 0 Å². The van der Waals surface area contributed by atoms with E-state index in [4.69, 9.17) is 5.73 Å². The van der Waals surface area contributed by atoms with Crippen LogP contribution in [0.15, 0.2) is 48.7 Å². The highest BCUT2D eigenvalue weighted by atomic mass is 14.7. The summed E-state index contributed by atoms with van der Waals surface area (Å²) in [6.45, 7) is 3.98. The van der Waals surface area contributed by atoms with Crippen LogP contribution < -0.4 is 5.73 Å². The summed E-state index contributed by atoms with van der Waals surface area (Å²) < 4.78 is 0. The summed E-state index contributed by atoms with van der Waals surface area (Å²) in [6.07, 6.45) is 1.86. The molecular weight excluding hydrogens is 246 g/mol. The van der Waals surface area contributed by atoms with E-state index in [-0.39, 0.29) is 6.04 Å². The molecule has 3 nitrogen and oxygen atoms in total. The molecule has 3 aromatic rings. The van der Waals surface area contributed by atoms with Crippen LogP contribution in [0.2, 0.25) is 0 Å². The van der Waals surface area contributed by atoms with Crippen LogP contribution in [0.1, 0.15) is 28.6 Å². The summed E-state index contributed by atoms with van der Waals surface area (Å²) in [6, 6.07) is 14.1. The maximum absolute atomic E-state index is 6.38. The van der Waals surface area contributed by atoms with Crippen LogP contribution in [0.25, 0.3) is 10.9 Å². The minimum Gasteiger partial charge on any atom is -0.320 e. The Labute approximate surface area is 118 Å². The van der Waals surface area contributed by atoms with Crippen LogP contribution in [0.5, 0.6) is 0 Å². The van der Waals surface area contributed by atoms with Crippen LogP contribution in [0, 0.1) is 13.8 Å². The van der Waals surface area contributed by atoms with Gasteiger partial charge in [-0.05, 0) is 49.2 Å². The lowest BCUT2D eigenvalue weighted by atomic mass is 9.99. The largest absolute Gasteiger partial charge is 0.320 e. The number of aromatic nitrogens is 2. The fourth-order valence-electron chi connectivity index (χ4n) is 2.50. The molecule has 3 heteroatoms. The highest BCUT2D eigenvalue weighted by molar-refractivity contribution is 5.78. The molecule has 100 valence electrons. The summed E-state index contributed by atoms with van der Waals surface area (Å²) in [5.41, 5.74) is 11.4. The minimum absolute atomic E-state index is 0.174. The third kappa shape index (κ3) is 2.40. The Morgan fingerprint density at radius 2 is 1.65 bits per heavy atom. The van der Waals surface area contributed by atoms with Crippen molar-refractivity contribution < 1.29 is 0 Å². The maximum Gasteiger partial charge on any atom is 0.0702 e. The number of fused-ring (bicyclic) bond motifs is 1. The van der Waals surface area contributed by atoms with Gasteiger partial charge in [-0.25, -0.2) is 0 Å². The zero-order valence-corrected chi connectivity index (χ0v) is 11.7. The molecule has 0 radical (unpaired) electrons. The van der Waals surface area contributed by atoms with Gasteiger partial charge in [-0.1, -0.05) is 18.2 Å². The van der Waals surface area contributed by atoms with Crippen molar-refractivity contribution in [3.63, 3.8) is 0 Å². The summed E-state index contributed by atoms with van der Waals surface area (Å²) in [5, 5.41) is 1.11. The summed E-state index contributed by atoms with van der Waals surface area (Å²) in [4.78, 5) is 8.87. The van der Waals surface area contributed by atoms with Crippen molar-refractivity contribution in [2.75, 3.05) is 0 Å². The van der Waals surface area contributed by atoms with Crippen LogP contribution in [0.3, 0.4) is 0 Å². The Hall–Kier alpha value is -2.26. The molecule has 0 spiro atoms. The number of nitrogens with zero attached hydrogens (tertiary/aromatic N) is 2. The first-order valence-electron chi connectivity index (χ1n) is 6.69. The van der Waals surface area contributed by atoms with Crippen molar-refractivity contribution >= 4 is 10.9 Å². The first-order valence-corrected chi connectivity index (χ1v) is 6.69. The predicted octanol–water partition coefficient (Wildman–Crippen LogP) is 3.29. The second-order valence-electron chi connectivity index (χ2n) is 5.12. The van der Waals surface area contributed by atoms with Crippen molar-refractivity contribution in [1.82, 2.24) is 9.97 Å². The zero-order chi connectivity index (χ0) is 14.1. The van der Waals surface area contributed by atoms with E-state index in [0.717, 1.165) is 33.4 Å². The Morgan fingerprint density at radius 3 is 2.40 bits per heavy atom. The lowest BCUT2D eigenvalue weighted by Gasteiger charge is -2.14. The van der Waals surface area contributed by atoms with Gasteiger partial charge < -0.3 is 5.73 Å². The van der Waals surface area contributed by atoms with Gasteiger partial charge in [0.25, 0.3) is 0 Å². The fraction of sp³-hybridized carbons (Fsp3) is 0.176. The van der Waals surface area contributed by atoms with E-state index in [1.807, 2.05) is 50.4 Å². The Balaban J connectivity index is 2.05. The Bertz CT molecular complexity index is 745. The average Bonchev–Trinajstić information content (AvgIpc) is 2.45. The van der Waals surface area contributed by atoms with Crippen LogP contribution in [0.4, 0.5) is 0 Å². The second-order valence-corrected chi connectivity index (χ2v) is 5.12. The van der Waals surface area contributed by atoms with Gasteiger partial charge in [0, 0.05) is 23.0 Å². The third-order valence-corrected chi connectivity index (χ3v) is 3.43. The zero-order valence-electron chi connectivity index (χ0n) is 11.7. The number of hydrogen-bond donors (Lipinski definition) is 1. The molecule has 3 rings (SSSR count). The molecule has 0 saturated carbocycles. The molecule has 0 amide bonds. The third-order valence-electron chi connectivity index (χ3n) is 3.43. The van der Waals surface area contributed by atoms with Crippen LogP contribution in [-0.2, 0) is 0 Å². The number of aryl methyl sites for hydroxylation is 2. The molecule has 2 N–H and O–H groups in total. The first kappa shape index (κ1) is 12.8. The number of rotatable bonds is 2. The quantitative estimate of drug-likeness (QED) is 0.771. The lowest BCUT2D eigenvalue weighted by Crippen LogP contribution is -2.13. The fourth-order valence-corrected chi connectivity index (χ4v) is 2.50. The summed E-state index contributed by atoms with van der Waals surface area (Å²) in [5.74, 6) is 0. The van der Waals surface area contributed by atoms with E-state index in [1.165, 1.54) is 0 Å². The number of hydrogen-bond acceptors (Lipinski definition) is 3. The standard InChI is InChI=1S/C17H17N3/c1-11-7-14(8-12(2)20-11)17(18)15-9-13-5-3-4-6-16(13)19-10-15/h3-10,17H,18H2,1-2H3. The van der Waals surface area contributed by atoms with E-state index in [0.29, 0.717) is 0 Å². The van der Waals surface area contributed by atoms with Crippen molar-refractivity contribution in [2.45, 2.75) is 19.9 Å². The Morgan fingerprint density at radius 1 is 0.950 bits per heavy atom. The second kappa shape index (κ2) is 5.02. The highest BCUT2D eigenvalue weighted by Gasteiger charge is 2.11. The average molecular weight is 263 g/mol. The van der Waals surface area contributed by atoms with Gasteiger partial charge in [-0.3, -0.25) is 9.97 Å². The van der Waals surface area contributed by atoms with Crippen molar-refractivity contribution in [2.24, 2.45) is 5.73 Å². The molecule has 0 fully saturated rings. The van der Waals surface area contributed by atoms with Crippen molar-refractivity contribution in [1.29, 1.82) is 0 Å². The first-order chi connectivity index (χ1) is 9.63. The van der Waals surface area contributed by atoms with Crippen molar-refractivity contribution in [3.8, 4) is 0 Å². The van der Waals surface area contributed by atoms with Crippen LogP contribution in [-0.4, -0.2) is 9.97 Å². The predicted molar refractivity (Wildman–Crippen MR) is 81.5 cm³/mol. The summed E-state index contributed by atoms with van der Waals surface area (Å²) >= 11 is 0. The van der Waals surface area contributed by atoms with Gasteiger partial charge in [0.05, 0.1) is 11.6 Å². The van der Waals surface area contributed by atoms with Crippen molar-refractivity contribution in [3.05, 3.63) is 71.2 Å². The lowest BCUT2D eigenvalue weighted by molar-refractivity contribution is 0.855. The molecule has 1 atom stereocenters. The SMILES string of the molecule is Cc1cc(C(N)c2cnc3ccccc3c2)cc(C)n1. The number of pyridine rings is 2. The molecule has 0 aliphatic heterocycles. The molecule has 1 unspecified atom stereocenters. The van der Waals surface area contributed by atoms with E-state index in [2.05, 4.69) is 22.1 Å². The van der Waals surface area contributed by atoms with E-state index in [1.54, 1.807) is 0 Å². The van der Waals surface area contributed by atoms with E-state index in [9.17, 15) is 0 Å². The van der Waals surface area contributed by atoms with Gasteiger partial charge in [0.15, 0.2) is 0 Å². The molecule has 0 saturated heterocycles. The number of para-hydroxylation sites is 1. The van der Waals surface area contributed by atoms with Gasteiger partial charge in [-0.2, -0.15) is 0 Å².